The summed E-state index contributed by atoms with van der Waals surface area (Å²) in [6.07, 6.45) is 2.89. The molecule has 0 aliphatic heterocycles. The van der Waals surface area contributed by atoms with E-state index in [1.807, 2.05) is 37.3 Å². The minimum Gasteiger partial charge on any atom is -0.328 e. The van der Waals surface area contributed by atoms with Crippen LogP contribution in [0.1, 0.15) is 19.8 Å². The Labute approximate surface area is 116 Å². The summed E-state index contributed by atoms with van der Waals surface area (Å²) in [6, 6.07) is 10.0. The molecule has 0 aliphatic carbocycles. The van der Waals surface area contributed by atoms with E-state index in [-0.39, 0.29) is 11.9 Å². The van der Waals surface area contributed by atoms with Crippen molar-refractivity contribution in [3.8, 4) is 10.4 Å². The lowest BCUT2D eigenvalue weighted by atomic mass is 10.2. The average molecular weight is 275 g/mol. The Balaban J connectivity index is 1.96. The molecule has 2 aromatic rings. The van der Waals surface area contributed by atoms with Gasteiger partial charge in [-0.1, -0.05) is 41.7 Å². The van der Waals surface area contributed by atoms with Crippen molar-refractivity contribution in [2.45, 2.75) is 25.8 Å². The van der Waals surface area contributed by atoms with E-state index in [0.717, 1.165) is 10.4 Å². The topological polar surface area (TPSA) is 68.0 Å². The first-order chi connectivity index (χ1) is 9.15. The number of nitrogens with one attached hydrogen (secondary N) is 1. The smallest absolute Gasteiger partial charge is 0.226 e. The highest BCUT2D eigenvalue weighted by molar-refractivity contribution is 7.19. The maximum atomic E-state index is 11.7. The number of nitrogens with two attached hydrogens (primary N) is 1. The quantitative estimate of drug-likeness (QED) is 0.881. The molecular weight excluding hydrogens is 258 g/mol. The number of benzene rings is 1. The van der Waals surface area contributed by atoms with Crippen LogP contribution in [-0.2, 0) is 4.79 Å². The molecule has 1 heterocycles. The Morgan fingerprint density at radius 1 is 1.42 bits per heavy atom. The lowest BCUT2D eigenvalue weighted by Crippen LogP contribution is -2.19. The number of thiazole rings is 1. The van der Waals surface area contributed by atoms with Crippen molar-refractivity contribution in [3.05, 3.63) is 36.5 Å². The molecule has 5 heteroatoms. The van der Waals surface area contributed by atoms with Gasteiger partial charge in [-0.3, -0.25) is 4.79 Å². The molecule has 0 saturated heterocycles. The fourth-order valence-electron chi connectivity index (χ4n) is 1.61. The second kappa shape index (κ2) is 6.45. The number of amides is 1. The Morgan fingerprint density at radius 2 is 2.16 bits per heavy atom. The third kappa shape index (κ3) is 4.15. The van der Waals surface area contributed by atoms with E-state index in [9.17, 15) is 4.79 Å². The standard InChI is InChI=1S/C14H17N3OS/c1-10(15)7-8-13(18)17-14-16-9-12(19-14)11-5-3-2-4-6-11/h2-6,9-10H,7-8,15H2,1H3,(H,16,17,18). The van der Waals surface area contributed by atoms with Gasteiger partial charge in [-0.2, -0.15) is 0 Å². The van der Waals surface area contributed by atoms with Crippen LogP contribution >= 0.6 is 11.3 Å². The van der Waals surface area contributed by atoms with E-state index in [1.165, 1.54) is 11.3 Å². The Kier molecular flexibility index (Phi) is 4.65. The van der Waals surface area contributed by atoms with E-state index in [2.05, 4.69) is 10.3 Å². The highest BCUT2D eigenvalue weighted by atomic mass is 32.1. The van der Waals surface area contributed by atoms with Gasteiger partial charge in [0.05, 0.1) is 4.88 Å². The molecule has 0 radical (unpaired) electrons. The lowest BCUT2D eigenvalue weighted by molar-refractivity contribution is -0.116. The first-order valence-electron chi connectivity index (χ1n) is 6.22. The highest BCUT2D eigenvalue weighted by Crippen LogP contribution is 2.28. The van der Waals surface area contributed by atoms with Crippen LogP contribution in [0.15, 0.2) is 36.5 Å². The number of hydrogen-bond donors (Lipinski definition) is 2. The fourth-order valence-corrected chi connectivity index (χ4v) is 2.45. The maximum absolute atomic E-state index is 11.7. The third-order valence-corrected chi connectivity index (χ3v) is 3.60. The van der Waals surface area contributed by atoms with Gasteiger partial charge < -0.3 is 11.1 Å². The zero-order valence-corrected chi connectivity index (χ0v) is 11.6. The second-order valence-electron chi connectivity index (χ2n) is 4.46. The average Bonchev–Trinajstić information content (AvgIpc) is 2.86. The van der Waals surface area contributed by atoms with Crippen molar-refractivity contribution < 1.29 is 4.79 Å². The van der Waals surface area contributed by atoms with Crippen LogP contribution in [0.3, 0.4) is 0 Å². The SMILES string of the molecule is CC(N)CCC(=O)Nc1ncc(-c2ccccc2)s1. The number of aromatic nitrogens is 1. The van der Waals surface area contributed by atoms with Crippen LogP contribution in [0.4, 0.5) is 5.13 Å². The van der Waals surface area contributed by atoms with E-state index in [1.54, 1.807) is 6.20 Å². The molecule has 1 aromatic heterocycles. The second-order valence-corrected chi connectivity index (χ2v) is 5.49. The first-order valence-corrected chi connectivity index (χ1v) is 7.03. The number of carbonyl (C=O) groups is 1. The van der Waals surface area contributed by atoms with Gasteiger partial charge in [0.1, 0.15) is 0 Å². The normalized spacial score (nSPS) is 12.1. The van der Waals surface area contributed by atoms with E-state index >= 15 is 0 Å². The van der Waals surface area contributed by atoms with Crippen molar-refractivity contribution in [1.82, 2.24) is 4.98 Å². The van der Waals surface area contributed by atoms with Crippen LogP contribution in [0.5, 0.6) is 0 Å². The van der Waals surface area contributed by atoms with Gasteiger partial charge in [0.25, 0.3) is 0 Å². The van der Waals surface area contributed by atoms with Crippen molar-refractivity contribution in [3.63, 3.8) is 0 Å². The van der Waals surface area contributed by atoms with Gasteiger partial charge >= 0.3 is 0 Å². The summed E-state index contributed by atoms with van der Waals surface area (Å²) in [7, 11) is 0. The largest absolute Gasteiger partial charge is 0.328 e. The molecule has 0 aliphatic rings. The van der Waals surface area contributed by atoms with Gasteiger partial charge in [-0.25, -0.2) is 4.98 Å². The van der Waals surface area contributed by atoms with Crippen LogP contribution in [0, 0.1) is 0 Å². The molecule has 1 atom stereocenters. The molecule has 0 spiro atoms. The number of nitrogens with zero attached hydrogens (tertiary/aromatic N) is 1. The molecule has 100 valence electrons. The van der Waals surface area contributed by atoms with Gasteiger partial charge in [0.2, 0.25) is 5.91 Å². The zero-order valence-electron chi connectivity index (χ0n) is 10.8. The summed E-state index contributed by atoms with van der Waals surface area (Å²) in [5.41, 5.74) is 6.73. The summed E-state index contributed by atoms with van der Waals surface area (Å²) >= 11 is 1.47. The summed E-state index contributed by atoms with van der Waals surface area (Å²) < 4.78 is 0. The van der Waals surface area contributed by atoms with Crippen molar-refractivity contribution in [2.24, 2.45) is 5.73 Å². The Morgan fingerprint density at radius 3 is 2.84 bits per heavy atom. The lowest BCUT2D eigenvalue weighted by Gasteiger charge is -2.04. The predicted octanol–water partition coefficient (Wildman–Crippen LogP) is 2.88. The maximum Gasteiger partial charge on any atom is 0.226 e. The Hall–Kier alpha value is -1.72. The zero-order chi connectivity index (χ0) is 13.7. The third-order valence-electron chi connectivity index (χ3n) is 2.64. The Bertz CT molecular complexity index is 537. The monoisotopic (exact) mass is 275 g/mol. The van der Waals surface area contributed by atoms with Crippen LogP contribution in [0.2, 0.25) is 0 Å². The molecule has 0 fully saturated rings. The van der Waals surface area contributed by atoms with Crippen LogP contribution in [-0.4, -0.2) is 16.9 Å². The molecule has 1 aromatic carbocycles. The highest BCUT2D eigenvalue weighted by Gasteiger charge is 2.08. The summed E-state index contributed by atoms with van der Waals surface area (Å²) in [4.78, 5) is 16.9. The molecule has 1 amide bonds. The van der Waals surface area contributed by atoms with Gasteiger partial charge in [0, 0.05) is 18.7 Å². The van der Waals surface area contributed by atoms with Gasteiger partial charge in [-0.05, 0) is 18.9 Å². The van der Waals surface area contributed by atoms with Crippen molar-refractivity contribution in [2.75, 3.05) is 5.32 Å². The number of rotatable bonds is 5. The predicted molar refractivity (Wildman–Crippen MR) is 79.1 cm³/mol. The van der Waals surface area contributed by atoms with Gasteiger partial charge in [0.15, 0.2) is 5.13 Å². The van der Waals surface area contributed by atoms with E-state index in [0.29, 0.717) is 18.0 Å². The van der Waals surface area contributed by atoms with E-state index < -0.39 is 0 Å². The number of carbonyl (C=O) groups excluding carboxylic acids is 1. The van der Waals surface area contributed by atoms with Crippen molar-refractivity contribution in [1.29, 1.82) is 0 Å². The summed E-state index contributed by atoms with van der Waals surface area (Å²) in [6.45, 7) is 1.89. The molecule has 0 bridgehead atoms. The fraction of sp³-hybridized carbons (Fsp3) is 0.286. The number of hydrogen-bond acceptors (Lipinski definition) is 4. The van der Waals surface area contributed by atoms with Crippen LogP contribution in [0.25, 0.3) is 10.4 Å². The first kappa shape index (κ1) is 13.7. The molecule has 0 saturated carbocycles. The minimum absolute atomic E-state index is 0.0359. The summed E-state index contributed by atoms with van der Waals surface area (Å²) in [5, 5.41) is 3.43. The summed E-state index contributed by atoms with van der Waals surface area (Å²) in [5.74, 6) is -0.0359. The number of anilines is 1. The van der Waals surface area contributed by atoms with Crippen LogP contribution < -0.4 is 11.1 Å². The van der Waals surface area contributed by atoms with E-state index in [4.69, 9.17) is 5.73 Å². The molecule has 19 heavy (non-hydrogen) atoms. The molecule has 4 nitrogen and oxygen atoms in total. The van der Waals surface area contributed by atoms with Crippen molar-refractivity contribution >= 4 is 22.4 Å². The molecule has 3 N–H and O–H groups in total. The minimum atomic E-state index is -0.0359. The van der Waals surface area contributed by atoms with Gasteiger partial charge in [-0.15, -0.1) is 0 Å². The molecule has 1 unspecified atom stereocenters. The molecule has 2 rings (SSSR count). The molecular formula is C14H17N3OS.